The van der Waals surface area contributed by atoms with Crippen LogP contribution >= 0.6 is 31.9 Å². The van der Waals surface area contributed by atoms with Crippen molar-refractivity contribution in [2.75, 3.05) is 5.32 Å². The summed E-state index contributed by atoms with van der Waals surface area (Å²) in [6.07, 6.45) is 1.49. The molecule has 0 aliphatic carbocycles. The number of carboxylic acid groups (broad SMARTS) is 1. The average Bonchev–Trinajstić information content (AvgIpc) is 2.42. The minimum absolute atomic E-state index is 0.0180. The maximum atomic E-state index is 12.0. The van der Waals surface area contributed by atoms with E-state index in [2.05, 4.69) is 42.2 Å². The maximum Gasteiger partial charge on any atom is 0.337 e. The highest BCUT2D eigenvalue weighted by molar-refractivity contribution is 9.11. The van der Waals surface area contributed by atoms with Crippen LogP contribution in [0.5, 0.6) is 0 Å². The number of amides is 1. The summed E-state index contributed by atoms with van der Waals surface area (Å²) < 4.78 is 1.06. The molecular formula is C13H8Br2N2O3. The van der Waals surface area contributed by atoms with E-state index in [4.69, 9.17) is 0 Å². The monoisotopic (exact) mass is 398 g/mol. The highest BCUT2D eigenvalue weighted by atomic mass is 79.9. The molecule has 0 bridgehead atoms. The molecule has 0 aliphatic rings. The Hall–Kier alpha value is -1.73. The molecule has 0 aliphatic heterocycles. The van der Waals surface area contributed by atoms with Crippen LogP contribution in [0.3, 0.4) is 0 Å². The fourth-order valence-electron chi connectivity index (χ4n) is 1.54. The van der Waals surface area contributed by atoms with E-state index in [-0.39, 0.29) is 16.9 Å². The first-order chi connectivity index (χ1) is 9.49. The summed E-state index contributed by atoms with van der Waals surface area (Å²) in [5.41, 5.74) is 0.380. The molecular weight excluding hydrogens is 392 g/mol. The third kappa shape index (κ3) is 3.23. The quantitative estimate of drug-likeness (QED) is 0.826. The van der Waals surface area contributed by atoms with Crippen molar-refractivity contribution >= 4 is 49.4 Å². The van der Waals surface area contributed by atoms with Gasteiger partial charge in [0.1, 0.15) is 5.69 Å². The molecule has 0 fully saturated rings. The lowest BCUT2D eigenvalue weighted by Gasteiger charge is -2.11. The van der Waals surface area contributed by atoms with E-state index in [0.717, 1.165) is 0 Å². The molecule has 0 saturated heterocycles. The van der Waals surface area contributed by atoms with E-state index in [1.54, 1.807) is 24.3 Å². The zero-order valence-electron chi connectivity index (χ0n) is 9.93. The van der Waals surface area contributed by atoms with Gasteiger partial charge in [-0.3, -0.25) is 9.78 Å². The number of carbonyl (C=O) groups is 2. The van der Waals surface area contributed by atoms with Gasteiger partial charge in [0.15, 0.2) is 0 Å². The normalized spacial score (nSPS) is 10.1. The molecule has 0 atom stereocenters. The van der Waals surface area contributed by atoms with Gasteiger partial charge in [-0.15, -0.1) is 0 Å². The van der Waals surface area contributed by atoms with E-state index >= 15 is 0 Å². The zero-order chi connectivity index (χ0) is 14.7. The topological polar surface area (TPSA) is 79.3 Å². The molecule has 2 N–H and O–H groups in total. The van der Waals surface area contributed by atoms with Crippen LogP contribution in [0.25, 0.3) is 0 Å². The summed E-state index contributed by atoms with van der Waals surface area (Å²) in [6, 6.07) is 7.98. The Morgan fingerprint density at radius 1 is 1.20 bits per heavy atom. The van der Waals surface area contributed by atoms with Crippen LogP contribution in [0, 0.1) is 0 Å². The van der Waals surface area contributed by atoms with E-state index < -0.39 is 11.9 Å². The molecule has 2 aromatic rings. The van der Waals surface area contributed by atoms with Crippen molar-refractivity contribution in [2.24, 2.45) is 0 Å². The number of carbonyl (C=O) groups excluding carboxylic acids is 1. The highest BCUT2D eigenvalue weighted by Crippen LogP contribution is 2.31. The summed E-state index contributed by atoms with van der Waals surface area (Å²) >= 11 is 6.45. The van der Waals surface area contributed by atoms with Gasteiger partial charge >= 0.3 is 5.97 Å². The largest absolute Gasteiger partial charge is 0.478 e. The van der Waals surface area contributed by atoms with Crippen LogP contribution < -0.4 is 5.32 Å². The van der Waals surface area contributed by atoms with E-state index in [1.165, 1.54) is 12.3 Å². The highest BCUT2D eigenvalue weighted by Gasteiger charge is 2.18. The van der Waals surface area contributed by atoms with Gasteiger partial charge in [0.25, 0.3) is 5.91 Å². The third-order valence-corrected chi connectivity index (χ3v) is 3.50. The van der Waals surface area contributed by atoms with Gasteiger partial charge in [-0.2, -0.15) is 0 Å². The second-order valence-corrected chi connectivity index (χ2v) is 5.55. The van der Waals surface area contributed by atoms with Crippen molar-refractivity contribution in [3.8, 4) is 0 Å². The number of carboxylic acids is 1. The number of hydrogen-bond donors (Lipinski definition) is 2. The van der Waals surface area contributed by atoms with Crippen LogP contribution in [0.1, 0.15) is 20.8 Å². The standard InChI is InChI=1S/C13H8Br2N2O3/c14-7-5-8(13(19)20)11(9(15)6-7)17-12(18)10-3-1-2-4-16-10/h1-6H,(H,17,18)(H,19,20). The van der Waals surface area contributed by atoms with Crippen LogP contribution in [0.15, 0.2) is 45.5 Å². The van der Waals surface area contributed by atoms with Crippen LogP contribution in [-0.2, 0) is 0 Å². The molecule has 0 saturated carbocycles. The van der Waals surface area contributed by atoms with Gasteiger partial charge in [0.05, 0.1) is 11.3 Å². The second kappa shape index (κ2) is 6.15. The first-order valence-corrected chi connectivity index (χ1v) is 7.02. The number of anilines is 1. The van der Waals surface area contributed by atoms with Crippen molar-refractivity contribution in [1.82, 2.24) is 4.98 Å². The Bertz CT molecular complexity index is 675. The predicted molar refractivity (Wildman–Crippen MR) is 81.0 cm³/mol. The van der Waals surface area contributed by atoms with Gasteiger partial charge in [-0.25, -0.2) is 4.79 Å². The molecule has 0 radical (unpaired) electrons. The van der Waals surface area contributed by atoms with Crippen LogP contribution in [0.4, 0.5) is 5.69 Å². The molecule has 7 heteroatoms. The number of nitrogens with one attached hydrogen (secondary N) is 1. The molecule has 2 rings (SSSR count). The number of hydrogen-bond acceptors (Lipinski definition) is 3. The van der Waals surface area contributed by atoms with Crippen LogP contribution in [0.2, 0.25) is 0 Å². The summed E-state index contributed by atoms with van der Waals surface area (Å²) in [5.74, 6) is -1.61. The fraction of sp³-hybridized carbons (Fsp3) is 0. The predicted octanol–water partition coefficient (Wildman–Crippen LogP) is 3.56. The number of halogens is 2. The lowest BCUT2D eigenvalue weighted by Crippen LogP contribution is -2.16. The molecule has 1 aromatic heterocycles. The average molecular weight is 400 g/mol. The molecule has 102 valence electrons. The van der Waals surface area contributed by atoms with Gasteiger partial charge in [0, 0.05) is 15.1 Å². The summed E-state index contributed by atoms with van der Waals surface area (Å²) in [7, 11) is 0. The first kappa shape index (κ1) is 14.7. The lowest BCUT2D eigenvalue weighted by atomic mass is 10.1. The number of benzene rings is 1. The molecule has 0 unspecified atom stereocenters. The SMILES string of the molecule is O=C(Nc1c(Br)cc(Br)cc1C(=O)O)c1ccccn1. The lowest BCUT2D eigenvalue weighted by molar-refractivity contribution is 0.0698. The Morgan fingerprint density at radius 2 is 1.95 bits per heavy atom. The molecule has 0 spiro atoms. The summed E-state index contributed by atoms with van der Waals surface area (Å²) in [4.78, 5) is 27.2. The molecule has 20 heavy (non-hydrogen) atoms. The van der Waals surface area contributed by atoms with Gasteiger partial charge in [-0.1, -0.05) is 22.0 Å². The van der Waals surface area contributed by atoms with Crippen molar-refractivity contribution in [1.29, 1.82) is 0 Å². The minimum Gasteiger partial charge on any atom is -0.478 e. The molecule has 1 heterocycles. The molecule has 5 nitrogen and oxygen atoms in total. The number of nitrogens with zero attached hydrogens (tertiary/aromatic N) is 1. The Kier molecular flexibility index (Phi) is 4.51. The van der Waals surface area contributed by atoms with Crippen molar-refractivity contribution in [3.63, 3.8) is 0 Å². The minimum atomic E-state index is -1.14. The van der Waals surface area contributed by atoms with E-state index in [0.29, 0.717) is 8.95 Å². The molecule has 1 aromatic carbocycles. The molecule has 1 amide bonds. The summed E-state index contributed by atoms with van der Waals surface area (Å²) in [5, 5.41) is 11.7. The second-order valence-electron chi connectivity index (χ2n) is 3.78. The Labute approximate surface area is 131 Å². The van der Waals surface area contributed by atoms with Gasteiger partial charge in [0.2, 0.25) is 0 Å². The number of pyridine rings is 1. The first-order valence-electron chi connectivity index (χ1n) is 5.44. The van der Waals surface area contributed by atoms with Crippen LogP contribution in [-0.4, -0.2) is 22.0 Å². The van der Waals surface area contributed by atoms with Crippen molar-refractivity contribution in [3.05, 3.63) is 56.7 Å². The maximum absolute atomic E-state index is 12.0. The van der Waals surface area contributed by atoms with Crippen molar-refractivity contribution in [2.45, 2.75) is 0 Å². The van der Waals surface area contributed by atoms with E-state index in [9.17, 15) is 14.7 Å². The van der Waals surface area contributed by atoms with E-state index in [1.807, 2.05) is 0 Å². The Morgan fingerprint density at radius 3 is 2.55 bits per heavy atom. The third-order valence-electron chi connectivity index (χ3n) is 2.42. The zero-order valence-corrected chi connectivity index (χ0v) is 13.1. The fourth-order valence-corrected chi connectivity index (χ4v) is 2.87. The smallest absolute Gasteiger partial charge is 0.337 e. The van der Waals surface area contributed by atoms with Crippen molar-refractivity contribution < 1.29 is 14.7 Å². The number of rotatable bonds is 3. The Balaban J connectivity index is 2.39. The number of aromatic carboxylic acids is 1. The number of aromatic nitrogens is 1. The van der Waals surface area contributed by atoms with Gasteiger partial charge < -0.3 is 10.4 Å². The van der Waals surface area contributed by atoms with Gasteiger partial charge in [-0.05, 0) is 40.2 Å². The summed E-state index contributed by atoms with van der Waals surface area (Å²) in [6.45, 7) is 0.